The minimum Gasteiger partial charge on any atom is -0.481 e. The molecule has 14 heteroatoms. The minimum absolute atomic E-state index is 0.0806. The van der Waals surface area contributed by atoms with Gasteiger partial charge in [-0.1, -0.05) is 87.5 Å². The molecule has 0 spiro atoms. The Morgan fingerprint density at radius 2 is 1.62 bits per heavy atom. The predicted molar refractivity (Wildman–Crippen MR) is 213 cm³/mol. The highest BCUT2D eigenvalue weighted by atomic mass is 32.2. The number of methoxy groups -OCH3 is 1. The Morgan fingerprint density at radius 3 is 2.33 bits per heavy atom. The molecule has 2 heterocycles. The number of ether oxygens (including phenoxy) is 3. The van der Waals surface area contributed by atoms with Crippen LogP contribution in [0.3, 0.4) is 0 Å². The van der Waals surface area contributed by atoms with Crippen LogP contribution < -0.4 is 30.1 Å². The summed E-state index contributed by atoms with van der Waals surface area (Å²) in [6, 6.07) is 22.3. The fraction of sp³-hybridized carbons (Fsp3) is 0.366. The van der Waals surface area contributed by atoms with Gasteiger partial charge in [0.2, 0.25) is 27.7 Å². The number of benzene rings is 3. The zero-order valence-electron chi connectivity index (χ0n) is 32.3. The first kappa shape index (κ1) is 40.7. The van der Waals surface area contributed by atoms with Gasteiger partial charge < -0.3 is 30.2 Å². The van der Waals surface area contributed by atoms with Gasteiger partial charge in [-0.15, -0.1) is 0 Å². The van der Waals surface area contributed by atoms with Crippen LogP contribution in [0.15, 0.2) is 84.9 Å². The first-order valence-corrected chi connectivity index (χ1v) is 19.7. The van der Waals surface area contributed by atoms with E-state index < -0.39 is 45.1 Å². The van der Waals surface area contributed by atoms with E-state index in [0.717, 1.165) is 16.7 Å². The molecule has 0 radical (unpaired) electrons. The maximum Gasteiger partial charge on any atom is 0.408 e. The second kappa shape index (κ2) is 17.3. The molecule has 3 aromatic carbocycles. The molecule has 2 bridgehead atoms. The number of sulfonamides is 1. The van der Waals surface area contributed by atoms with Crippen molar-refractivity contribution in [2.75, 3.05) is 24.7 Å². The SMILES string of the molecule is COc1cc(Oc2ccc3cc2/C=C/CCS(=O)(=O)NCc2ccccc2NC[C@H]3NC(=O)[C@@H](NC(=O)OC(C)(C)C)C(C)(C)C)nc(-c2ccccc2)n1. The van der Waals surface area contributed by atoms with Crippen molar-refractivity contribution in [1.29, 1.82) is 0 Å². The molecule has 55 heavy (non-hydrogen) atoms. The van der Waals surface area contributed by atoms with E-state index in [0.29, 0.717) is 28.7 Å². The van der Waals surface area contributed by atoms with Crippen LogP contribution in [-0.2, 0) is 26.1 Å². The van der Waals surface area contributed by atoms with E-state index in [1.165, 1.54) is 7.11 Å². The second-order valence-corrected chi connectivity index (χ2v) is 17.1. The van der Waals surface area contributed by atoms with Gasteiger partial charge in [0.15, 0.2) is 5.82 Å². The normalized spacial score (nSPS) is 17.1. The summed E-state index contributed by atoms with van der Waals surface area (Å²) in [4.78, 5) is 36.2. The predicted octanol–water partition coefficient (Wildman–Crippen LogP) is 6.99. The second-order valence-electron chi connectivity index (χ2n) is 15.2. The summed E-state index contributed by atoms with van der Waals surface area (Å²) in [5, 5.41) is 9.36. The molecule has 5 rings (SSSR count). The van der Waals surface area contributed by atoms with E-state index in [4.69, 9.17) is 14.2 Å². The number of rotatable bonds is 7. The summed E-state index contributed by atoms with van der Waals surface area (Å²) in [6.45, 7) is 11.2. The summed E-state index contributed by atoms with van der Waals surface area (Å²) in [5.41, 5.74) is 2.10. The van der Waals surface area contributed by atoms with Crippen molar-refractivity contribution >= 4 is 33.8 Å². The van der Waals surface area contributed by atoms with Crippen molar-refractivity contribution in [3.8, 4) is 28.9 Å². The van der Waals surface area contributed by atoms with Gasteiger partial charge in [-0.05, 0) is 61.9 Å². The number of allylic oxidation sites excluding steroid dienone is 1. The minimum atomic E-state index is -3.62. The van der Waals surface area contributed by atoms with E-state index in [9.17, 15) is 18.0 Å². The highest BCUT2D eigenvalue weighted by molar-refractivity contribution is 7.89. The Kier molecular flexibility index (Phi) is 12.8. The standard InChI is InChI=1S/C41H50N6O7S/c1-40(2,3)36(47-39(49)54-41(4,5)6)38(48)44-32-26-42-31-19-12-11-18-30(31)25-43-55(50,51)22-14-13-17-29-23-28(32)20-21-33(29)53-35-24-34(52-7)45-37(46-35)27-15-9-8-10-16-27/h8-13,15-21,23-24,32,36,42-43H,14,22,25-26H2,1-7H3,(H,44,48)(H,47,49)/b17-13+/t32-,36-/m1/s1. The van der Waals surface area contributed by atoms with Gasteiger partial charge in [0, 0.05) is 29.9 Å². The van der Waals surface area contributed by atoms with Crippen LogP contribution in [0.2, 0.25) is 0 Å². The lowest BCUT2D eigenvalue weighted by molar-refractivity contribution is -0.126. The van der Waals surface area contributed by atoms with Crippen molar-refractivity contribution in [3.63, 3.8) is 0 Å². The number of hydrogen-bond acceptors (Lipinski definition) is 10. The molecule has 13 nitrogen and oxygen atoms in total. The largest absolute Gasteiger partial charge is 0.481 e. The Labute approximate surface area is 323 Å². The van der Waals surface area contributed by atoms with Crippen LogP contribution in [0.5, 0.6) is 17.5 Å². The van der Waals surface area contributed by atoms with Crippen LogP contribution in [0.4, 0.5) is 10.5 Å². The average molecular weight is 771 g/mol. The lowest BCUT2D eigenvalue weighted by Gasteiger charge is -2.33. The van der Waals surface area contributed by atoms with Gasteiger partial charge in [0.1, 0.15) is 17.4 Å². The van der Waals surface area contributed by atoms with Crippen LogP contribution in [0.25, 0.3) is 17.5 Å². The highest BCUT2D eigenvalue weighted by Gasteiger charge is 2.35. The first-order valence-electron chi connectivity index (χ1n) is 18.1. The molecule has 292 valence electrons. The third-order valence-electron chi connectivity index (χ3n) is 8.52. The summed E-state index contributed by atoms with van der Waals surface area (Å²) >= 11 is 0. The Balaban J connectivity index is 1.55. The number of aromatic nitrogens is 2. The summed E-state index contributed by atoms with van der Waals surface area (Å²) in [5.74, 6) is 0.833. The van der Waals surface area contributed by atoms with Crippen molar-refractivity contribution in [3.05, 3.63) is 102 Å². The van der Waals surface area contributed by atoms with Crippen molar-refractivity contribution in [1.82, 2.24) is 25.3 Å². The molecule has 2 amide bonds. The Hall–Kier alpha value is -5.47. The van der Waals surface area contributed by atoms with Gasteiger partial charge >= 0.3 is 6.09 Å². The first-order chi connectivity index (χ1) is 26.0. The molecule has 4 aromatic rings. The zero-order valence-corrected chi connectivity index (χ0v) is 33.1. The molecule has 0 fully saturated rings. The fourth-order valence-electron chi connectivity index (χ4n) is 5.76. The van der Waals surface area contributed by atoms with E-state index in [1.807, 2.05) is 87.5 Å². The van der Waals surface area contributed by atoms with E-state index >= 15 is 0 Å². The quantitative estimate of drug-likeness (QED) is 0.154. The lowest BCUT2D eigenvalue weighted by atomic mass is 9.86. The maximum atomic E-state index is 14.2. The molecule has 0 saturated carbocycles. The molecule has 1 aliphatic heterocycles. The molecule has 0 saturated heterocycles. The third kappa shape index (κ3) is 11.8. The number of alkyl carbamates (subject to hydrolysis) is 1. The molecule has 2 atom stereocenters. The molecule has 0 aliphatic carbocycles. The fourth-order valence-corrected chi connectivity index (χ4v) is 6.72. The molecule has 1 aromatic heterocycles. The Bertz CT molecular complexity index is 2110. The maximum absolute atomic E-state index is 14.2. The van der Waals surface area contributed by atoms with Crippen molar-refractivity contribution < 1.29 is 32.2 Å². The van der Waals surface area contributed by atoms with Gasteiger partial charge in [-0.2, -0.15) is 9.97 Å². The van der Waals surface area contributed by atoms with Gasteiger partial charge in [0.05, 0.1) is 25.0 Å². The van der Waals surface area contributed by atoms with Crippen LogP contribution in [-0.4, -0.2) is 61.4 Å². The van der Waals surface area contributed by atoms with Gasteiger partial charge in [-0.3, -0.25) is 4.79 Å². The Morgan fingerprint density at radius 1 is 0.909 bits per heavy atom. The average Bonchev–Trinajstić information content (AvgIpc) is 3.13. The summed E-state index contributed by atoms with van der Waals surface area (Å²) in [6.07, 6.45) is 3.07. The number of anilines is 1. The number of nitrogens with one attached hydrogen (secondary N) is 4. The number of hydrogen-bond donors (Lipinski definition) is 4. The van der Waals surface area contributed by atoms with E-state index in [-0.39, 0.29) is 31.1 Å². The molecular weight excluding hydrogens is 721 g/mol. The highest BCUT2D eigenvalue weighted by Crippen LogP contribution is 2.32. The summed E-state index contributed by atoms with van der Waals surface area (Å²) in [7, 11) is -2.10. The van der Waals surface area contributed by atoms with Crippen molar-refractivity contribution in [2.24, 2.45) is 5.41 Å². The van der Waals surface area contributed by atoms with Gasteiger partial charge in [0.25, 0.3) is 0 Å². The monoisotopic (exact) mass is 770 g/mol. The number of fused-ring (bicyclic) bond motifs is 3. The van der Waals surface area contributed by atoms with E-state index in [2.05, 4.69) is 30.6 Å². The number of amides is 2. The zero-order chi connectivity index (χ0) is 39.8. The molecule has 0 unspecified atom stereocenters. The smallest absolute Gasteiger partial charge is 0.408 e. The topological polar surface area (TPSA) is 170 Å². The number of carbonyl (C=O) groups is 2. The summed E-state index contributed by atoms with van der Waals surface area (Å²) < 4.78 is 46.0. The lowest BCUT2D eigenvalue weighted by Crippen LogP contribution is -2.55. The van der Waals surface area contributed by atoms with Crippen LogP contribution in [0, 0.1) is 5.41 Å². The van der Waals surface area contributed by atoms with Crippen LogP contribution in [0.1, 0.15) is 70.7 Å². The number of nitrogens with zero attached hydrogens (tertiary/aromatic N) is 2. The van der Waals surface area contributed by atoms with E-state index in [1.54, 1.807) is 45.1 Å². The van der Waals surface area contributed by atoms with Crippen molar-refractivity contribution in [2.45, 2.75) is 72.2 Å². The third-order valence-corrected chi connectivity index (χ3v) is 9.88. The molecule has 1 aliphatic rings. The van der Waals surface area contributed by atoms with Gasteiger partial charge in [-0.25, -0.2) is 17.9 Å². The number of para-hydroxylation sites is 1. The number of carbonyl (C=O) groups excluding carboxylic acids is 2. The molecule has 4 N–H and O–H groups in total. The molecular formula is C41H50N6O7S. The van der Waals surface area contributed by atoms with Crippen LogP contribution >= 0.6 is 0 Å².